The average Bonchev–Trinajstić information content (AvgIpc) is 3.69. The molecule has 2 aromatic heterocycles. The largest absolute Gasteiger partial charge is 0.293 e. The molecule has 2 aliphatic rings. The lowest BCUT2D eigenvalue weighted by Crippen LogP contribution is -2.48. The molecular formula is C28H37Cl2N11O2S. The Balaban J connectivity index is 0.000000177. The van der Waals surface area contributed by atoms with Crippen molar-refractivity contribution in [1.82, 2.24) is 54.5 Å². The van der Waals surface area contributed by atoms with E-state index in [0.29, 0.717) is 54.6 Å². The highest BCUT2D eigenvalue weighted by Crippen LogP contribution is 2.20. The molecule has 0 saturated carbocycles. The van der Waals surface area contributed by atoms with Gasteiger partial charge < -0.3 is 0 Å². The lowest BCUT2D eigenvalue weighted by Gasteiger charge is -2.33. The van der Waals surface area contributed by atoms with Crippen LogP contribution in [0.1, 0.15) is 44.8 Å². The zero-order chi connectivity index (χ0) is 31.1. The number of rotatable bonds is 8. The van der Waals surface area contributed by atoms with Gasteiger partial charge in [0.1, 0.15) is 0 Å². The third-order valence-electron chi connectivity index (χ3n) is 7.95. The summed E-state index contributed by atoms with van der Waals surface area (Å²) in [6, 6.07) is 15.5. The molecule has 236 valence electrons. The number of sulfonamides is 1. The number of hydrogen-bond donors (Lipinski definition) is 0. The summed E-state index contributed by atoms with van der Waals surface area (Å²) in [6.07, 6.45) is 3.83. The van der Waals surface area contributed by atoms with Crippen molar-refractivity contribution in [3.05, 3.63) is 70.2 Å². The summed E-state index contributed by atoms with van der Waals surface area (Å²) in [5.74, 6) is 1.73. The minimum Gasteiger partial charge on any atom is -0.293 e. The molecule has 0 spiro atoms. The van der Waals surface area contributed by atoms with E-state index in [0.717, 1.165) is 30.3 Å². The van der Waals surface area contributed by atoms with Gasteiger partial charge >= 0.3 is 0 Å². The smallest absolute Gasteiger partial charge is 0.213 e. The fourth-order valence-electron chi connectivity index (χ4n) is 5.30. The molecule has 1 unspecified atom stereocenters. The number of hydrogen-bond acceptors (Lipinski definition) is 10. The quantitative estimate of drug-likeness (QED) is 0.277. The van der Waals surface area contributed by atoms with E-state index in [2.05, 4.69) is 47.8 Å². The minimum atomic E-state index is -3.11. The van der Waals surface area contributed by atoms with Crippen LogP contribution in [0, 0.1) is 0 Å². The van der Waals surface area contributed by atoms with Gasteiger partial charge in [0.2, 0.25) is 10.0 Å². The molecule has 2 saturated heterocycles. The van der Waals surface area contributed by atoms with Crippen LogP contribution < -0.4 is 0 Å². The number of likely N-dealkylation sites (tertiary alicyclic amines) is 1. The standard InChI is InChI=1S/C14H19ClN6O2S.C14H18ClN5/c1-2-24(22,23)20-9-7-19(8-10-20)11-14-16-17-18-21(14)13-5-3-12(15)4-6-13;1-11-4-2-3-9-19(11)10-14-16-17-18-20(14)13-7-5-12(15)6-8-13/h3-6H,2,7-11H2,1H3;5-8,11H,2-4,9-10H2,1H3. The number of tetrazole rings is 2. The molecule has 44 heavy (non-hydrogen) atoms. The Bertz CT molecular complexity index is 1590. The Kier molecular flexibility index (Phi) is 10.9. The van der Waals surface area contributed by atoms with Crippen LogP contribution in [0.15, 0.2) is 48.5 Å². The van der Waals surface area contributed by atoms with Crippen LogP contribution in [-0.4, -0.2) is 107 Å². The Labute approximate surface area is 267 Å². The zero-order valence-electron chi connectivity index (χ0n) is 24.9. The first-order valence-electron chi connectivity index (χ1n) is 14.7. The Morgan fingerprint density at radius 1 is 0.750 bits per heavy atom. The van der Waals surface area contributed by atoms with Crippen LogP contribution in [-0.2, 0) is 23.1 Å². The molecule has 2 fully saturated rings. The summed E-state index contributed by atoms with van der Waals surface area (Å²) in [4.78, 5) is 4.60. The van der Waals surface area contributed by atoms with Gasteiger partial charge in [0.05, 0.1) is 30.2 Å². The SMILES string of the molecule is CC1CCCCN1Cc1nnnn1-c1ccc(Cl)cc1.CCS(=O)(=O)N1CCN(Cc2nnnn2-c2ccc(Cl)cc2)CC1. The van der Waals surface area contributed by atoms with Crippen molar-refractivity contribution in [3.63, 3.8) is 0 Å². The second kappa shape index (κ2) is 14.8. The van der Waals surface area contributed by atoms with Crippen molar-refractivity contribution in [1.29, 1.82) is 0 Å². The summed E-state index contributed by atoms with van der Waals surface area (Å²) in [7, 11) is -3.11. The lowest BCUT2D eigenvalue weighted by atomic mass is 10.0. The maximum absolute atomic E-state index is 11.9. The highest BCUT2D eigenvalue weighted by atomic mass is 35.5. The predicted octanol–water partition coefficient (Wildman–Crippen LogP) is 3.47. The molecule has 0 amide bonds. The van der Waals surface area contributed by atoms with Crippen LogP contribution in [0.4, 0.5) is 0 Å². The van der Waals surface area contributed by atoms with Gasteiger partial charge in [-0.05, 0) is 103 Å². The molecule has 4 heterocycles. The summed E-state index contributed by atoms with van der Waals surface area (Å²) >= 11 is 11.8. The molecule has 0 N–H and O–H groups in total. The lowest BCUT2D eigenvalue weighted by molar-refractivity contribution is 0.148. The summed E-state index contributed by atoms with van der Waals surface area (Å²) in [5.41, 5.74) is 1.78. The second-order valence-electron chi connectivity index (χ2n) is 10.9. The van der Waals surface area contributed by atoms with Crippen molar-refractivity contribution < 1.29 is 8.42 Å². The van der Waals surface area contributed by atoms with E-state index in [1.807, 2.05) is 36.4 Å². The van der Waals surface area contributed by atoms with Gasteiger partial charge in [-0.15, -0.1) is 10.2 Å². The fourth-order valence-corrected chi connectivity index (χ4v) is 6.63. The third kappa shape index (κ3) is 8.17. The first kappa shape index (κ1) is 32.4. The topological polar surface area (TPSA) is 131 Å². The van der Waals surface area contributed by atoms with Crippen molar-refractivity contribution >= 4 is 33.2 Å². The van der Waals surface area contributed by atoms with Gasteiger partial charge in [0, 0.05) is 42.3 Å². The highest BCUT2D eigenvalue weighted by molar-refractivity contribution is 7.89. The summed E-state index contributed by atoms with van der Waals surface area (Å²) in [5, 5.41) is 25.3. The fraction of sp³-hybridized carbons (Fsp3) is 0.500. The van der Waals surface area contributed by atoms with E-state index in [-0.39, 0.29) is 5.75 Å². The molecule has 6 rings (SSSR count). The second-order valence-corrected chi connectivity index (χ2v) is 14.0. The predicted molar refractivity (Wildman–Crippen MR) is 168 cm³/mol. The number of halogens is 2. The molecule has 2 aliphatic heterocycles. The Morgan fingerprint density at radius 3 is 1.77 bits per heavy atom. The molecule has 0 aliphatic carbocycles. The van der Waals surface area contributed by atoms with Gasteiger partial charge in [-0.25, -0.2) is 8.42 Å². The van der Waals surface area contributed by atoms with E-state index in [9.17, 15) is 8.42 Å². The summed E-state index contributed by atoms with van der Waals surface area (Å²) in [6.45, 7) is 8.73. The molecular weight excluding hydrogens is 625 g/mol. The van der Waals surface area contributed by atoms with Crippen LogP contribution in [0.2, 0.25) is 10.0 Å². The number of nitrogens with zero attached hydrogens (tertiary/aromatic N) is 11. The van der Waals surface area contributed by atoms with E-state index >= 15 is 0 Å². The molecule has 0 bridgehead atoms. The van der Waals surface area contributed by atoms with Crippen LogP contribution >= 0.6 is 23.2 Å². The van der Waals surface area contributed by atoms with E-state index in [4.69, 9.17) is 23.2 Å². The molecule has 0 radical (unpaired) electrons. The molecule has 2 aromatic carbocycles. The molecule has 13 nitrogen and oxygen atoms in total. The highest BCUT2D eigenvalue weighted by Gasteiger charge is 2.26. The molecule has 1 atom stereocenters. The van der Waals surface area contributed by atoms with Gasteiger partial charge in [-0.3, -0.25) is 9.80 Å². The van der Waals surface area contributed by atoms with Crippen molar-refractivity contribution in [2.75, 3.05) is 38.5 Å². The Hall–Kier alpha value is -3.01. The van der Waals surface area contributed by atoms with E-state index in [1.165, 1.54) is 19.3 Å². The van der Waals surface area contributed by atoms with Crippen LogP contribution in [0.5, 0.6) is 0 Å². The number of aromatic nitrogens is 8. The van der Waals surface area contributed by atoms with Gasteiger partial charge in [0.15, 0.2) is 11.6 Å². The number of piperazine rings is 1. The zero-order valence-corrected chi connectivity index (χ0v) is 27.2. The maximum Gasteiger partial charge on any atom is 0.213 e. The van der Waals surface area contributed by atoms with Gasteiger partial charge in [-0.1, -0.05) is 29.6 Å². The van der Waals surface area contributed by atoms with Crippen molar-refractivity contribution in [2.24, 2.45) is 0 Å². The van der Waals surface area contributed by atoms with E-state index in [1.54, 1.807) is 32.7 Å². The van der Waals surface area contributed by atoms with Gasteiger partial charge in [-0.2, -0.15) is 13.7 Å². The minimum absolute atomic E-state index is 0.141. The summed E-state index contributed by atoms with van der Waals surface area (Å²) < 4.78 is 28.8. The van der Waals surface area contributed by atoms with Crippen molar-refractivity contribution in [3.8, 4) is 11.4 Å². The monoisotopic (exact) mass is 661 g/mol. The normalized spacial score (nSPS) is 18.6. The van der Waals surface area contributed by atoms with Crippen LogP contribution in [0.3, 0.4) is 0 Å². The van der Waals surface area contributed by atoms with E-state index < -0.39 is 10.0 Å². The number of benzene rings is 2. The number of piperidine rings is 1. The van der Waals surface area contributed by atoms with Crippen LogP contribution in [0.25, 0.3) is 11.4 Å². The third-order valence-corrected chi connectivity index (χ3v) is 10.3. The maximum atomic E-state index is 11.9. The van der Waals surface area contributed by atoms with Crippen molar-refractivity contribution in [2.45, 2.75) is 52.2 Å². The molecule has 4 aromatic rings. The van der Waals surface area contributed by atoms with Gasteiger partial charge in [0.25, 0.3) is 0 Å². The average molecular weight is 663 g/mol. The first-order chi connectivity index (χ1) is 21.2. The molecule has 16 heteroatoms. The Morgan fingerprint density at radius 2 is 1.27 bits per heavy atom. The first-order valence-corrected chi connectivity index (χ1v) is 17.1.